The molecule has 0 atom stereocenters. The summed E-state index contributed by atoms with van der Waals surface area (Å²) >= 11 is 7.68. The van der Waals surface area contributed by atoms with Gasteiger partial charge in [0.15, 0.2) is 5.82 Å². The first-order chi connectivity index (χ1) is 6.29. The molecule has 3 nitrogen and oxygen atoms in total. The number of nitrogens with one attached hydrogen (secondary N) is 1. The van der Waals surface area contributed by atoms with Crippen molar-refractivity contribution in [1.29, 1.82) is 0 Å². The Balaban J connectivity index is 3.09. The van der Waals surface area contributed by atoms with E-state index in [1.54, 1.807) is 6.07 Å². The van der Waals surface area contributed by atoms with Crippen molar-refractivity contribution >= 4 is 45.7 Å². The molecule has 11 heavy (non-hydrogen) atoms. The van der Waals surface area contributed by atoms with Crippen LogP contribution in [0.2, 0.25) is 5.02 Å². The van der Waals surface area contributed by atoms with Gasteiger partial charge in [-0.3, -0.25) is 0 Å². The molecular weight excluding hydrogens is 276 g/mol. The van der Waals surface area contributed by atoms with Gasteiger partial charge in [0, 0.05) is 11.1 Å². The standard InChI is InChI=1S/C6H7ClIN3/c1-10-6-5(9)3(7)2-4(8)11-6/h2H,9H2,1H3,(H,10,11)/i1D3. The maximum absolute atomic E-state index is 6.99. The van der Waals surface area contributed by atoms with Crippen molar-refractivity contribution in [3.63, 3.8) is 0 Å². The van der Waals surface area contributed by atoms with E-state index in [0.717, 1.165) is 0 Å². The lowest BCUT2D eigenvalue weighted by Gasteiger charge is -2.05. The van der Waals surface area contributed by atoms with Crippen LogP contribution in [0.4, 0.5) is 11.5 Å². The van der Waals surface area contributed by atoms with Crippen molar-refractivity contribution in [3.05, 3.63) is 14.8 Å². The minimum Gasteiger partial charge on any atom is -0.395 e. The lowest BCUT2D eigenvalue weighted by atomic mass is 10.4. The zero-order valence-corrected chi connectivity index (χ0v) is 8.27. The summed E-state index contributed by atoms with van der Waals surface area (Å²) in [7, 11) is 0. The Hall–Kier alpha value is -0.230. The predicted molar refractivity (Wildman–Crippen MR) is 55.9 cm³/mol. The maximum Gasteiger partial charge on any atom is 0.151 e. The molecule has 0 spiro atoms. The second-order valence-electron chi connectivity index (χ2n) is 1.81. The van der Waals surface area contributed by atoms with E-state index in [4.69, 9.17) is 21.4 Å². The van der Waals surface area contributed by atoms with Crippen molar-refractivity contribution in [2.24, 2.45) is 0 Å². The van der Waals surface area contributed by atoms with Gasteiger partial charge in [-0.2, -0.15) is 0 Å². The summed E-state index contributed by atoms with van der Waals surface area (Å²) in [6, 6.07) is 1.56. The number of hydrogen-bond acceptors (Lipinski definition) is 3. The van der Waals surface area contributed by atoms with Gasteiger partial charge in [0.2, 0.25) is 0 Å². The summed E-state index contributed by atoms with van der Waals surface area (Å²) in [6.07, 6.45) is 0. The number of nitrogens with zero attached hydrogens (tertiary/aromatic N) is 1. The van der Waals surface area contributed by atoms with Gasteiger partial charge < -0.3 is 11.1 Å². The highest BCUT2D eigenvalue weighted by Crippen LogP contribution is 2.26. The van der Waals surface area contributed by atoms with E-state index in [2.05, 4.69) is 10.3 Å². The molecule has 0 saturated carbocycles. The fourth-order valence-electron chi connectivity index (χ4n) is 0.590. The number of pyridine rings is 1. The fraction of sp³-hybridized carbons (Fsp3) is 0.167. The van der Waals surface area contributed by atoms with Crippen molar-refractivity contribution in [2.45, 2.75) is 0 Å². The number of rotatable bonds is 1. The number of aromatic nitrogens is 1. The molecule has 1 aromatic heterocycles. The quantitative estimate of drug-likeness (QED) is 0.613. The lowest BCUT2D eigenvalue weighted by Crippen LogP contribution is -2.00. The van der Waals surface area contributed by atoms with E-state index in [1.165, 1.54) is 0 Å². The van der Waals surface area contributed by atoms with Crippen LogP contribution in [0.15, 0.2) is 6.07 Å². The Labute approximate surface area is 87.7 Å². The van der Waals surface area contributed by atoms with E-state index >= 15 is 0 Å². The summed E-state index contributed by atoms with van der Waals surface area (Å²) < 4.78 is 21.5. The summed E-state index contributed by atoms with van der Waals surface area (Å²) in [5.74, 6) is 0.0851. The van der Waals surface area contributed by atoms with Gasteiger partial charge in [0.1, 0.15) is 3.70 Å². The van der Waals surface area contributed by atoms with Crippen LogP contribution in [0, 0.1) is 3.70 Å². The van der Waals surface area contributed by atoms with Gasteiger partial charge in [-0.15, -0.1) is 0 Å². The fourth-order valence-corrected chi connectivity index (χ4v) is 1.52. The summed E-state index contributed by atoms with van der Waals surface area (Å²) in [5, 5.41) is 2.49. The molecule has 0 aliphatic heterocycles. The first kappa shape index (κ1) is 5.42. The van der Waals surface area contributed by atoms with Crippen molar-refractivity contribution < 1.29 is 4.11 Å². The molecule has 0 radical (unpaired) electrons. The molecule has 0 unspecified atom stereocenters. The van der Waals surface area contributed by atoms with E-state index in [9.17, 15) is 0 Å². The molecule has 5 heteroatoms. The van der Waals surface area contributed by atoms with Crippen LogP contribution in [0.25, 0.3) is 0 Å². The van der Waals surface area contributed by atoms with Crippen molar-refractivity contribution in [1.82, 2.24) is 4.98 Å². The molecule has 0 aliphatic rings. The molecular formula is C6H7ClIN3. The van der Waals surface area contributed by atoms with Gasteiger partial charge in [0.25, 0.3) is 0 Å². The zero-order chi connectivity index (χ0) is 10.9. The molecule has 1 rings (SSSR count). The average Bonchev–Trinajstić information content (AvgIpc) is 1.96. The molecule has 0 amide bonds. The van der Waals surface area contributed by atoms with E-state index in [1.807, 2.05) is 22.6 Å². The minimum atomic E-state index is -2.32. The van der Waals surface area contributed by atoms with Gasteiger partial charge in [-0.05, 0) is 28.7 Å². The van der Waals surface area contributed by atoms with Crippen molar-refractivity contribution in [2.75, 3.05) is 18.0 Å². The molecule has 0 saturated heterocycles. The molecule has 60 valence electrons. The molecule has 0 fully saturated rings. The third-order valence-electron chi connectivity index (χ3n) is 1.10. The van der Waals surface area contributed by atoms with Crippen LogP contribution in [0.1, 0.15) is 4.11 Å². The predicted octanol–water partition coefficient (Wildman–Crippen LogP) is 1.96. The largest absolute Gasteiger partial charge is 0.395 e. The molecule has 1 heterocycles. The Morgan fingerprint density at radius 1 is 1.91 bits per heavy atom. The van der Waals surface area contributed by atoms with Crippen LogP contribution in [0.5, 0.6) is 0 Å². The van der Waals surface area contributed by atoms with Crippen LogP contribution in [-0.4, -0.2) is 12.0 Å². The van der Waals surface area contributed by atoms with Crippen LogP contribution < -0.4 is 11.1 Å². The molecule has 1 aromatic rings. The average molecular weight is 287 g/mol. The third-order valence-corrected chi connectivity index (χ3v) is 1.96. The molecule has 0 aromatic carbocycles. The summed E-state index contributed by atoms with van der Waals surface area (Å²) in [4.78, 5) is 3.93. The number of halogens is 2. The Morgan fingerprint density at radius 3 is 3.27 bits per heavy atom. The van der Waals surface area contributed by atoms with Gasteiger partial charge in [-0.25, -0.2) is 4.98 Å². The summed E-state index contributed by atoms with van der Waals surface area (Å²) in [5.41, 5.74) is 5.69. The smallest absolute Gasteiger partial charge is 0.151 e. The topological polar surface area (TPSA) is 50.9 Å². The highest BCUT2D eigenvalue weighted by molar-refractivity contribution is 14.1. The number of hydrogen-bond donors (Lipinski definition) is 2. The highest BCUT2D eigenvalue weighted by Gasteiger charge is 2.04. The first-order valence-electron chi connectivity index (χ1n) is 4.19. The molecule has 3 N–H and O–H groups in total. The number of nitrogens with two attached hydrogens (primary N) is 1. The lowest BCUT2D eigenvalue weighted by molar-refractivity contribution is 1.25. The Bertz CT molecular complexity index is 355. The SMILES string of the molecule is [2H]C([2H])([2H])Nc1nc(I)cc(Cl)c1N. The van der Waals surface area contributed by atoms with Crippen LogP contribution >= 0.6 is 34.2 Å². The van der Waals surface area contributed by atoms with E-state index in [-0.39, 0.29) is 16.5 Å². The second-order valence-corrected chi connectivity index (χ2v) is 3.33. The van der Waals surface area contributed by atoms with Gasteiger partial charge >= 0.3 is 0 Å². The summed E-state index contributed by atoms with van der Waals surface area (Å²) in [6.45, 7) is -2.32. The van der Waals surface area contributed by atoms with E-state index < -0.39 is 6.98 Å². The minimum absolute atomic E-state index is 0.0851. The highest BCUT2D eigenvalue weighted by atomic mass is 127. The second kappa shape index (κ2) is 3.44. The molecule has 0 bridgehead atoms. The van der Waals surface area contributed by atoms with Crippen LogP contribution in [0.3, 0.4) is 0 Å². The monoisotopic (exact) mass is 286 g/mol. The van der Waals surface area contributed by atoms with E-state index in [0.29, 0.717) is 3.70 Å². The zero-order valence-electron chi connectivity index (χ0n) is 8.36. The van der Waals surface area contributed by atoms with Gasteiger partial charge in [0.05, 0.1) is 10.7 Å². The van der Waals surface area contributed by atoms with Gasteiger partial charge in [-0.1, -0.05) is 11.6 Å². The number of anilines is 2. The maximum atomic E-state index is 6.99. The van der Waals surface area contributed by atoms with Crippen LogP contribution in [-0.2, 0) is 0 Å². The normalized spacial score (nSPS) is 14.9. The van der Waals surface area contributed by atoms with Crippen molar-refractivity contribution in [3.8, 4) is 0 Å². The third kappa shape index (κ3) is 1.87. The molecule has 0 aliphatic carbocycles. The Kier molecular flexibility index (Phi) is 1.70. The number of nitrogen functional groups attached to an aromatic ring is 1. The Morgan fingerprint density at radius 2 is 2.64 bits per heavy atom. The first-order valence-corrected chi connectivity index (χ1v) is 4.15.